The number of sulfonamides is 1. The van der Waals surface area contributed by atoms with Gasteiger partial charge in [-0.15, -0.1) is 0 Å². The van der Waals surface area contributed by atoms with E-state index in [2.05, 4.69) is 0 Å². The van der Waals surface area contributed by atoms with E-state index in [1.807, 2.05) is 35.2 Å². The van der Waals surface area contributed by atoms with E-state index in [1.54, 1.807) is 18.2 Å². The molecule has 1 aliphatic carbocycles. The monoisotopic (exact) mass is 418 g/mol. The molecule has 1 saturated carbocycles. The molecule has 0 bridgehead atoms. The predicted molar refractivity (Wildman–Crippen MR) is 109 cm³/mol. The maximum absolute atomic E-state index is 13.3. The van der Waals surface area contributed by atoms with Gasteiger partial charge in [0.05, 0.1) is 10.4 Å². The van der Waals surface area contributed by atoms with E-state index in [0.717, 1.165) is 24.8 Å². The smallest absolute Gasteiger partial charge is 0.244 e. The third-order valence-corrected chi connectivity index (χ3v) is 8.32. The van der Waals surface area contributed by atoms with Crippen molar-refractivity contribution in [2.75, 3.05) is 26.2 Å². The summed E-state index contributed by atoms with van der Waals surface area (Å²) in [5.41, 5.74) is 0.628. The van der Waals surface area contributed by atoms with Crippen LogP contribution in [0, 0.1) is 0 Å². The number of carbonyl (C=O) groups is 1. The first-order valence-corrected chi connectivity index (χ1v) is 11.4. The van der Waals surface area contributed by atoms with Crippen molar-refractivity contribution in [3.05, 3.63) is 65.2 Å². The second kappa shape index (κ2) is 7.50. The summed E-state index contributed by atoms with van der Waals surface area (Å²) in [6.07, 6.45) is 2.75. The fourth-order valence-electron chi connectivity index (χ4n) is 4.14. The number of hydrogen-bond acceptors (Lipinski definition) is 3. The summed E-state index contributed by atoms with van der Waals surface area (Å²) in [5.74, 6) is 0.125. The minimum atomic E-state index is -3.66. The Morgan fingerprint density at radius 3 is 2.07 bits per heavy atom. The van der Waals surface area contributed by atoms with Crippen molar-refractivity contribution in [2.45, 2.75) is 29.6 Å². The summed E-state index contributed by atoms with van der Waals surface area (Å²) < 4.78 is 27.2. The highest BCUT2D eigenvalue weighted by Crippen LogP contribution is 2.45. The van der Waals surface area contributed by atoms with E-state index >= 15 is 0 Å². The number of amides is 1. The average Bonchev–Trinajstić information content (AvgIpc) is 2.68. The molecule has 28 heavy (non-hydrogen) atoms. The normalized spacial score (nSPS) is 19.8. The van der Waals surface area contributed by atoms with Gasteiger partial charge in [0.2, 0.25) is 15.9 Å². The van der Waals surface area contributed by atoms with Gasteiger partial charge in [0, 0.05) is 26.2 Å². The molecule has 1 amide bonds. The molecule has 0 radical (unpaired) electrons. The topological polar surface area (TPSA) is 57.7 Å². The molecule has 7 heteroatoms. The molecule has 0 aromatic heterocycles. The molecule has 2 aliphatic rings. The molecule has 148 valence electrons. The van der Waals surface area contributed by atoms with Crippen molar-refractivity contribution in [1.29, 1.82) is 0 Å². The number of piperazine rings is 1. The van der Waals surface area contributed by atoms with Crippen LogP contribution in [0.3, 0.4) is 0 Å². The highest BCUT2D eigenvalue weighted by Gasteiger charge is 2.48. The van der Waals surface area contributed by atoms with Crippen LogP contribution in [0.2, 0.25) is 5.02 Å². The van der Waals surface area contributed by atoms with E-state index in [9.17, 15) is 13.2 Å². The van der Waals surface area contributed by atoms with Crippen LogP contribution in [0.4, 0.5) is 0 Å². The van der Waals surface area contributed by atoms with E-state index in [-0.39, 0.29) is 28.9 Å². The molecule has 1 aliphatic heterocycles. The Balaban J connectivity index is 1.49. The van der Waals surface area contributed by atoms with Gasteiger partial charge in [0.25, 0.3) is 0 Å². The second-order valence-corrected chi connectivity index (χ2v) is 9.74. The van der Waals surface area contributed by atoms with Gasteiger partial charge in [-0.2, -0.15) is 4.31 Å². The first-order chi connectivity index (χ1) is 13.4. The largest absolute Gasteiger partial charge is 0.339 e. The van der Waals surface area contributed by atoms with Gasteiger partial charge in [0.15, 0.2) is 0 Å². The van der Waals surface area contributed by atoms with Gasteiger partial charge in [-0.05, 0) is 30.5 Å². The lowest BCUT2D eigenvalue weighted by atomic mass is 9.63. The van der Waals surface area contributed by atoms with Crippen molar-refractivity contribution in [3.63, 3.8) is 0 Å². The van der Waals surface area contributed by atoms with Crippen molar-refractivity contribution in [1.82, 2.24) is 9.21 Å². The molecule has 0 unspecified atom stereocenters. The van der Waals surface area contributed by atoms with Crippen LogP contribution in [0.5, 0.6) is 0 Å². The van der Waals surface area contributed by atoms with Crippen molar-refractivity contribution in [3.8, 4) is 0 Å². The Labute approximate surface area is 171 Å². The molecule has 2 aromatic carbocycles. The lowest BCUT2D eigenvalue weighted by Gasteiger charge is -2.45. The molecular formula is C21H23ClN2O3S. The minimum Gasteiger partial charge on any atom is -0.339 e. The lowest BCUT2D eigenvalue weighted by Crippen LogP contribution is -2.57. The predicted octanol–water partition coefficient (Wildman–Crippen LogP) is 3.29. The average molecular weight is 419 g/mol. The Hall–Kier alpha value is -1.89. The Morgan fingerprint density at radius 1 is 0.893 bits per heavy atom. The molecule has 1 heterocycles. The number of carbonyl (C=O) groups excluding carboxylic acids is 1. The first-order valence-electron chi connectivity index (χ1n) is 9.55. The molecule has 5 nitrogen and oxygen atoms in total. The van der Waals surface area contributed by atoms with Gasteiger partial charge >= 0.3 is 0 Å². The Morgan fingerprint density at radius 2 is 1.50 bits per heavy atom. The standard InChI is InChI=1S/C21H23ClN2O3S/c22-18-9-4-5-10-19(18)28(26,27)24-15-13-23(14-16-24)20(25)21(11-6-12-21)17-7-2-1-3-8-17/h1-5,7-10H,6,11-16H2. The SMILES string of the molecule is O=C(N1CCN(S(=O)(=O)c2ccccc2Cl)CC1)C1(c2ccccc2)CCC1. The van der Waals surface area contributed by atoms with E-state index < -0.39 is 15.4 Å². The van der Waals surface area contributed by atoms with Crippen molar-refractivity contribution < 1.29 is 13.2 Å². The first kappa shape index (κ1) is 19.4. The van der Waals surface area contributed by atoms with E-state index in [1.165, 1.54) is 10.4 Å². The summed E-state index contributed by atoms with van der Waals surface area (Å²) in [4.78, 5) is 15.3. The summed E-state index contributed by atoms with van der Waals surface area (Å²) in [5, 5.41) is 0.221. The number of hydrogen-bond donors (Lipinski definition) is 0. The maximum Gasteiger partial charge on any atom is 0.244 e. The fourth-order valence-corrected chi connectivity index (χ4v) is 6.06. The minimum absolute atomic E-state index is 0.121. The highest BCUT2D eigenvalue weighted by atomic mass is 35.5. The zero-order valence-corrected chi connectivity index (χ0v) is 17.1. The van der Waals surface area contributed by atoms with Crippen LogP contribution in [-0.2, 0) is 20.2 Å². The summed E-state index contributed by atoms with van der Waals surface area (Å²) in [6, 6.07) is 16.4. The third-order valence-electron chi connectivity index (χ3n) is 5.92. The van der Waals surface area contributed by atoms with Gasteiger partial charge < -0.3 is 4.90 Å². The van der Waals surface area contributed by atoms with Crippen LogP contribution >= 0.6 is 11.6 Å². The fraction of sp³-hybridized carbons (Fsp3) is 0.381. The van der Waals surface area contributed by atoms with Crippen LogP contribution in [0.25, 0.3) is 0 Å². The van der Waals surface area contributed by atoms with Gasteiger partial charge in [-0.25, -0.2) is 8.42 Å². The maximum atomic E-state index is 13.3. The zero-order chi connectivity index (χ0) is 19.8. The highest BCUT2D eigenvalue weighted by molar-refractivity contribution is 7.89. The van der Waals surface area contributed by atoms with Crippen LogP contribution < -0.4 is 0 Å². The van der Waals surface area contributed by atoms with Gasteiger partial charge in [-0.3, -0.25) is 4.79 Å². The lowest BCUT2D eigenvalue weighted by molar-refractivity contribution is -0.142. The molecule has 0 atom stereocenters. The molecule has 0 N–H and O–H groups in total. The Bertz CT molecular complexity index is 966. The van der Waals surface area contributed by atoms with Gasteiger partial charge in [-0.1, -0.05) is 60.5 Å². The number of rotatable bonds is 4. The quantitative estimate of drug-likeness (QED) is 0.765. The molecular weight excluding hydrogens is 396 g/mol. The zero-order valence-electron chi connectivity index (χ0n) is 15.6. The van der Waals surface area contributed by atoms with Crippen LogP contribution in [-0.4, -0.2) is 49.7 Å². The number of halogens is 1. The molecule has 2 fully saturated rings. The van der Waals surface area contributed by atoms with Crippen LogP contribution in [0.15, 0.2) is 59.5 Å². The summed E-state index contributed by atoms with van der Waals surface area (Å²) in [6.45, 7) is 1.36. The third kappa shape index (κ3) is 3.23. The van der Waals surface area contributed by atoms with Crippen LogP contribution in [0.1, 0.15) is 24.8 Å². The second-order valence-electron chi connectivity index (χ2n) is 7.43. The molecule has 2 aromatic rings. The van der Waals surface area contributed by atoms with Gasteiger partial charge in [0.1, 0.15) is 4.90 Å². The summed E-state index contributed by atoms with van der Waals surface area (Å²) >= 11 is 6.09. The molecule has 0 spiro atoms. The van der Waals surface area contributed by atoms with E-state index in [4.69, 9.17) is 11.6 Å². The summed E-state index contributed by atoms with van der Waals surface area (Å²) in [7, 11) is -3.66. The molecule has 4 rings (SSSR count). The Kier molecular flexibility index (Phi) is 5.21. The molecule has 1 saturated heterocycles. The van der Waals surface area contributed by atoms with Crippen molar-refractivity contribution >= 4 is 27.5 Å². The number of nitrogens with zero attached hydrogens (tertiary/aromatic N) is 2. The number of benzene rings is 2. The van der Waals surface area contributed by atoms with Crippen molar-refractivity contribution in [2.24, 2.45) is 0 Å². The van der Waals surface area contributed by atoms with E-state index in [0.29, 0.717) is 13.1 Å².